The fourth-order valence-corrected chi connectivity index (χ4v) is 1.95. The summed E-state index contributed by atoms with van der Waals surface area (Å²) in [5.74, 6) is 0. The highest BCUT2D eigenvalue weighted by molar-refractivity contribution is 6.12. The van der Waals surface area contributed by atoms with E-state index in [9.17, 15) is 0 Å². The number of nitrogens with zero attached hydrogens (tertiary/aromatic N) is 1. The molecule has 0 aromatic heterocycles. The van der Waals surface area contributed by atoms with Crippen LogP contribution in [0.1, 0.15) is 34.6 Å². The Morgan fingerprint density at radius 2 is 1.80 bits per heavy atom. The van der Waals surface area contributed by atoms with E-state index in [1.165, 1.54) is 16.7 Å². The van der Waals surface area contributed by atoms with Crippen LogP contribution < -0.4 is 0 Å². The average Bonchev–Trinajstić information content (AvgIpc) is 2.15. The van der Waals surface area contributed by atoms with Crippen molar-refractivity contribution in [2.75, 3.05) is 7.05 Å². The summed E-state index contributed by atoms with van der Waals surface area (Å²) in [5, 5.41) is 0. The molecule has 0 saturated carbocycles. The van der Waals surface area contributed by atoms with Gasteiger partial charge in [0.1, 0.15) is 0 Å². The highest BCUT2D eigenvalue weighted by atomic mass is 14.7. The molecule has 0 aromatic rings. The van der Waals surface area contributed by atoms with Gasteiger partial charge in [0, 0.05) is 7.05 Å². The minimum absolute atomic E-state index is 0.190. The van der Waals surface area contributed by atoms with Crippen molar-refractivity contribution < 1.29 is 0 Å². The van der Waals surface area contributed by atoms with E-state index in [1.54, 1.807) is 0 Å². The Kier molecular flexibility index (Phi) is 3.33. The van der Waals surface area contributed by atoms with E-state index >= 15 is 0 Å². The fourth-order valence-electron chi connectivity index (χ4n) is 1.95. The van der Waals surface area contributed by atoms with E-state index in [0.29, 0.717) is 0 Å². The molecule has 1 aliphatic rings. The van der Waals surface area contributed by atoms with Gasteiger partial charge in [-0.15, -0.1) is 0 Å². The smallest absolute Gasteiger partial charge is 0.0642 e. The third-order valence-corrected chi connectivity index (χ3v) is 2.73. The average molecular weight is 203 g/mol. The summed E-state index contributed by atoms with van der Waals surface area (Å²) < 4.78 is 0. The first-order chi connectivity index (χ1) is 6.90. The normalized spacial score (nSPS) is 23.1. The molecule has 0 saturated heterocycles. The van der Waals surface area contributed by atoms with Gasteiger partial charge in [-0.2, -0.15) is 0 Å². The first kappa shape index (κ1) is 12.0. The zero-order valence-electron chi connectivity index (χ0n) is 10.7. The van der Waals surface area contributed by atoms with Gasteiger partial charge in [-0.05, 0) is 48.1 Å². The van der Waals surface area contributed by atoms with Crippen molar-refractivity contribution >= 4 is 5.71 Å². The molecule has 1 aliphatic carbocycles. The summed E-state index contributed by atoms with van der Waals surface area (Å²) in [7, 11) is 1.85. The lowest BCUT2D eigenvalue weighted by atomic mass is 9.78. The Hall–Kier alpha value is -1.11. The molecule has 0 N–H and O–H groups in total. The van der Waals surface area contributed by atoms with Crippen LogP contribution in [0.3, 0.4) is 0 Å². The lowest BCUT2D eigenvalue weighted by Crippen LogP contribution is -2.16. The summed E-state index contributed by atoms with van der Waals surface area (Å²) >= 11 is 0. The van der Waals surface area contributed by atoms with E-state index in [0.717, 1.165) is 5.71 Å². The number of rotatable bonds is 0. The molecule has 82 valence electrons. The van der Waals surface area contributed by atoms with E-state index in [4.69, 9.17) is 0 Å². The van der Waals surface area contributed by atoms with Crippen molar-refractivity contribution in [3.05, 3.63) is 34.9 Å². The Morgan fingerprint density at radius 1 is 1.20 bits per heavy atom. The molecule has 0 radical (unpaired) electrons. The van der Waals surface area contributed by atoms with Crippen LogP contribution in [0.5, 0.6) is 0 Å². The third kappa shape index (κ3) is 2.47. The highest BCUT2D eigenvalue weighted by Gasteiger charge is 2.22. The van der Waals surface area contributed by atoms with Crippen LogP contribution in [0.4, 0.5) is 0 Å². The van der Waals surface area contributed by atoms with E-state index in [1.807, 2.05) is 7.05 Å². The standard InChI is InChI=1S/C14H21N/c1-7-11-8-10(2)12(14(3,4)5)9-13(11)15-6/h7-9H,1-6H3/b11-7-,15-13?. The molecule has 1 heteroatoms. The largest absolute Gasteiger partial charge is 0.288 e. The molecule has 0 heterocycles. The number of allylic oxidation sites excluding steroid dienone is 6. The van der Waals surface area contributed by atoms with Crippen LogP contribution in [-0.2, 0) is 0 Å². The van der Waals surface area contributed by atoms with E-state index in [2.05, 4.69) is 57.8 Å². The van der Waals surface area contributed by atoms with Crippen LogP contribution in [0.15, 0.2) is 39.9 Å². The molecular weight excluding hydrogens is 182 g/mol. The van der Waals surface area contributed by atoms with Crippen LogP contribution in [0.25, 0.3) is 0 Å². The quantitative estimate of drug-likeness (QED) is 0.565. The summed E-state index contributed by atoms with van der Waals surface area (Å²) in [6.07, 6.45) is 6.55. The van der Waals surface area contributed by atoms with Gasteiger partial charge in [0.05, 0.1) is 5.71 Å². The molecule has 1 rings (SSSR count). The minimum Gasteiger partial charge on any atom is -0.288 e. The molecule has 0 atom stereocenters. The zero-order chi connectivity index (χ0) is 11.6. The van der Waals surface area contributed by atoms with Crippen molar-refractivity contribution in [2.45, 2.75) is 34.6 Å². The molecule has 0 spiro atoms. The highest BCUT2D eigenvalue weighted by Crippen LogP contribution is 2.34. The minimum atomic E-state index is 0.190. The lowest BCUT2D eigenvalue weighted by Gasteiger charge is -2.27. The molecule has 0 fully saturated rings. The second-order valence-corrected chi connectivity index (χ2v) is 4.99. The van der Waals surface area contributed by atoms with Crippen LogP contribution in [0.2, 0.25) is 0 Å². The van der Waals surface area contributed by atoms with Gasteiger partial charge in [0.2, 0.25) is 0 Å². The molecule has 0 aromatic carbocycles. The van der Waals surface area contributed by atoms with Gasteiger partial charge in [0.25, 0.3) is 0 Å². The molecule has 0 aliphatic heterocycles. The van der Waals surface area contributed by atoms with E-state index in [-0.39, 0.29) is 5.41 Å². The number of hydrogen-bond donors (Lipinski definition) is 0. The first-order valence-electron chi connectivity index (χ1n) is 5.44. The summed E-state index contributed by atoms with van der Waals surface area (Å²) in [6, 6.07) is 0. The maximum Gasteiger partial charge on any atom is 0.0642 e. The van der Waals surface area contributed by atoms with Crippen molar-refractivity contribution in [3.8, 4) is 0 Å². The van der Waals surface area contributed by atoms with Crippen LogP contribution in [0, 0.1) is 5.41 Å². The van der Waals surface area contributed by atoms with Gasteiger partial charge in [-0.25, -0.2) is 0 Å². The molecule has 15 heavy (non-hydrogen) atoms. The molecule has 0 unspecified atom stereocenters. The predicted octanol–water partition coefficient (Wildman–Crippen LogP) is 3.94. The second-order valence-electron chi connectivity index (χ2n) is 4.99. The van der Waals surface area contributed by atoms with Gasteiger partial charge in [0.15, 0.2) is 0 Å². The summed E-state index contributed by atoms with van der Waals surface area (Å²) in [5.41, 5.74) is 5.24. The number of aliphatic imine (C=N–C) groups is 1. The molecule has 0 amide bonds. The predicted molar refractivity (Wildman–Crippen MR) is 68.4 cm³/mol. The van der Waals surface area contributed by atoms with Crippen LogP contribution in [-0.4, -0.2) is 12.8 Å². The maximum absolute atomic E-state index is 4.33. The monoisotopic (exact) mass is 203 g/mol. The Bertz CT molecular complexity index is 371. The van der Waals surface area contributed by atoms with Gasteiger partial charge in [-0.3, -0.25) is 4.99 Å². The first-order valence-corrected chi connectivity index (χ1v) is 5.44. The SMILES string of the molecule is C/C=C1/C=C(C)C(C(C)(C)C)=CC1=NC. The Labute approximate surface area is 93.3 Å². The van der Waals surface area contributed by atoms with Gasteiger partial charge in [-0.1, -0.05) is 26.8 Å². The van der Waals surface area contributed by atoms with Crippen molar-refractivity contribution in [1.29, 1.82) is 0 Å². The molecule has 0 bridgehead atoms. The lowest BCUT2D eigenvalue weighted by molar-refractivity contribution is 0.510. The van der Waals surface area contributed by atoms with Crippen molar-refractivity contribution in [2.24, 2.45) is 10.4 Å². The molecular formula is C14H21N. The fraction of sp³-hybridized carbons (Fsp3) is 0.500. The second kappa shape index (κ2) is 4.18. The third-order valence-electron chi connectivity index (χ3n) is 2.73. The maximum atomic E-state index is 4.33. The summed E-state index contributed by atoms with van der Waals surface area (Å²) in [4.78, 5) is 4.33. The van der Waals surface area contributed by atoms with Crippen LogP contribution >= 0.6 is 0 Å². The van der Waals surface area contributed by atoms with Gasteiger partial charge < -0.3 is 0 Å². The van der Waals surface area contributed by atoms with E-state index < -0.39 is 0 Å². The zero-order valence-corrected chi connectivity index (χ0v) is 10.7. The number of hydrogen-bond acceptors (Lipinski definition) is 1. The van der Waals surface area contributed by atoms with Gasteiger partial charge >= 0.3 is 0 Å². The Balaban J connectivity index is 3.25. The Morgan fingerprint density at radius 3 is 2.20 bits per heavy atom. The summed E-state index contributed by atoms with van der Waals surface area (Å²) in [6.45, 7) is 10.9. The topological polar surface area (TPSA) is 12.4 Å². The van der Waals surface area contributed by atoms with Crippen molar-refractivity contribution in [3.63, 3.8) is 0 Å². The van der Waals surface area contributed by atoms with Crippen molar-refractivity contribution in [1.82, 2.24) is 0 Å². The molecule has 1 nitrogen and oxygen atoms in total.